The zero-order valence-corrected chi connectivity index (χ0v) is 11.8. The van der Waals surface area contributed by atoms with Crippen LogP contribution in [0.4, 0.5) is 0 Å². The molecule has 2 rings (SSSR count). The monoisotopic (exact) mass is 356 g/mol. The molecule has 0 saturated carbocycles. The summed E-state index contributed by atoms with van der Waals surface area (Å²) < 4.78 is 6.86. The number of rotatable bonds is 4. The largest absolute Gasteiger partial charge is 0.461 e. The second-order valence-electron chi connectivity index (χ2n) is 3.84. The normalized spacial score (nSPS) is 10.3. The Bertz CT molecular complexity index is 534. The van der Waals surface area contributed by atoms with E-state index in [0.717, 1.165) is 17.1 Å². The van der Waals surface area contributed by atoms with E-state index in [9.17, 15) is 4.79 Å². The van der Waals surface area contributed by atoms with Crippen molar-refractivity contribution >= 4 is 28.5 Å². The molecule has 1 heterocycles. The van der Waals surface area contributed by atoms with Crippen molar-refractivity contribution < 1.29 is 9.21 Å². The molecule has 1 aromatic carbocycles. The molecule has 94 valence electrons. The second kappa shape index (κ2) is 6.01. The predicted octanol–water partition coefficient (Wildman–Crippen LogP) is 2.47. The van der Waals surface area contributed by atoms with Crippen molar-refractivity contribution in [1.82, 2.24) is 5.43 Å². The Morgan fingerprint density at radius 3 is 2.61 bits per heavy atom. The zero-order chi connectivity index (χ0) is 13.0. The molecule has 0 aliphatic carbocycles. The highest BCUT2D eigenvalue weighted by molar-refractivity contribution is 14.1. The molecule has 0 atom stereocenters. The Kier molecular flexibility index (Phi) is 4.38. The summed E-state index contributed by atoms with van der Waals surface area (Å²) in [5.74, 6) is 6.42. The smallest absolute Gasteiger partial charge is 0.234 e. The lowest BCUT2D eigenvalue weighted by molar-refractivity contribution is -0.121. The lowest BCUT2D eigenvalue weighted by atomic mass is 10.2. The van der Waals surface area contributed by atoms with Gasteiger partial charge in [0, 0.05) is 22.0 Å². The SMILES string of the molecule is NNC(=O)CCc1ccc(-c2ccc(I)cc2)o1. The van der Waals surface area contributed by atoms with Crippen LogP contribution in [0.25, 0.3) is 11.3 Å². The highest BCUT2D eigenvalue weighted by atomic mass is 127. The van der Waals surface area contributed by atoms with Crippen molar-refractivity contribution in [1.29, 1.82) is 0 Å². The van der Waals surface area contributed by atoms with Gasteiger partial charge in [-0.25, -0.2) is 5.84 Å². The van der Waals surface area contributed by atoms with Crippen LogP contribution in [0.3, 0.4) is 0 Å². The van der Waals surface area contributed by atoms with Crippen molar-refractivity contribution in [3.8, 4) is 11.3 Å². The summed E-state index contributed by atoms with van der Waals surface area (Å²) in [4.78, 5) is 11.0. The molecule has 1 aromatic heterocycles. The number of halogens is 1. The van der Waals surface area contributed by atoms with E-state index in [1.165, 1.54) is 3.57 Å². The van der Waals surface area contributed by atoms with E-state index in [-0.39, 0.29) is 5.91 Å². The topological polar surface area (TPSA) is 68.3 Å². The van der Waals surface area contributed by atoms with E-state index < -0.39 is 0 Å². The number of hydrogen-bond acceptors (Lipinski definition) is 3. The van der Waals surface area contributed by atoms with Crippen LogP contribution < -0.4 is 11.3 Å². The third-order valence-electron chi connectivity index (χ3n) is 2.55. The molecule has 3 N–H and O–H groups in total. The van der Waals surface area contributed by atoms with Gasteiger partial charge < -0.3 is 4.42 Å². The number of hydrogen-bond donors (Lipinski definition) is 2. The molecule has 0 saturated heterocycles. The lowest BCUT2D eigenvalue weighted by Gasteiger charge is -1.98. The Balaban J connectivity index is 2.06. The quantitative estimate of drug-likeness (QED) is 0.383. The molecule has 1 amide bonds. The Morgan fingerprint density at radius 2 is 1.94 bits per heavy atom. The fraction of sp³-hybridized carbons (Fsp3) is 0.154. The number of furan rings is 1. The first-order chi connectivity index (χ1) is 8.69. The van der Waals surface area contributed by atoms with E-state index in [4.69, 9.17) is 10.3 Å². The minimum absolute atomic E-state index is 0.192. The average Bonchev–Trinajstić information content (AvgIpc) is 2.85. The van der Waals surface area contributed by atoms with Crippen molar-refractivity contribution in [2.24, 2.45) is 5.84 Å². The van der Waals surface area contributed by atoms with Crippen LogP contribution >= 0.6 is 22.6 Å². The predicted molar refractivity (Wildman–Crippen MR) is 77.5 cm³/mol. The number of amides is 1. The van der Waals surface area contributed by atoms with Gasteiger partial charge in [-0.15, -0.1) is 0 Å². The van der Waals surface area contributed by atoms with Crippen LogP contribution in [0, 0.1) is 3.57 Å². The zero-order valence-electron chi connectivity index (χ0n) is 9.65. The van der Waals surface area contributed by atoms with Gasteiger partial charge in [-0.3, -0.25) is 10.2 Å². The average molecular weight is 356 g/mol. The molecular formula is C13H13IN2O2. The third-order valence-corrected chi connectivity index (χ3v) is 3.27. The Morgan fingerprint density at radius 1 is 1.22 bits per heavy atom. The van der Waals surface area contributed by atoms with Crippen LogP contribution in [0.5, 0.6) is 0 Å². The number of hydrazine groups is 1. The van der Waals surface area contributed by atoms with Crippen molar-refractivity contribution in [2.75, 3.05) is 0 Å². The van der Waals surface area contributed by atoms with Crippen molar-refractivity contribution in [3.05, 3.63) is 45.7 Å². The summed E-state index contributed by atoms with van der Waals surface area (Å²) in [6.45, 7) is 0. The number of carbonyl (C=O) groups is 1. The first-order valence-corrected chi connectivity index (χ1v) is 6.61. The van der Waals surface area contributed by atoms with Crippen molar-refractivity contribution in [3.63, 3.8) is 0 Å². The molecule has 2 aromatic rings. The molecule has 0 spiro atoms. The maximum absolute atomic E-state index is 11.0. The maximum Gasteiger partial charge on any atom is 0.234 e. The molecule has 0 radical (unpaired) electrons. The van der Waals surface area contributed by atoms with Gasteiger partial charge in [0.2, 0.25) is 5.91 Å². The number of nitrogens with one attached hydrogen (secondary N) is 1. The number of aryl methyl sites for hydroxylation is 1. The van der Waals surface area contributed by atoms with Gasteiger partial charge in [-0.2, -0.15) is 0 Å². The van der Waals surface area contributed by atoms with Gasteiger partial charge in [0.15, 0.2) is 0 Å². The van der Waals surface area contributed by atoms with Gasteiger partial charge in [0.1, 0.15) is 11.5 Å². The summed E-state index contributed by atoms with van der Waals surface area (Å²) in [7, 11) is 0. The maximum atomic E-state index is 11.0. The van der Waals surface area contributed by atoms with E-state index >= 15 is 0 Å². The first-order valence-electron chi connectivity index (χ1n) is 5.53. The van der Waals surface area contributed by atoms with E-state index in [1.807, 2.05) is 36.4 Å². The Hall–Kier alpha value is -1.34. The van der Waals surface area contributed by atoms with Crippen LogP contribution in [0.15, 0.2) is 40.8 Å². The molecule has 0 unspecified atom stereocenters. The minimum atomic E-state index is -0.192. The minimum Gasteiger partial charge on any atom is -0.461 e. The van der Waals surface area contributed by atoms with Gasteiger partial charge >= 0.3 is 0 Å². The van der Waals surface area contributed by atoms with E-state index in [0.29, 0.717) is 12.8 Å². The molecule has 0 aliphatic rings. The summed E-state index contributed by atoms with van der Waals surface area (Å²) in [6.07, 6.45) is 0.879. The van der Waals surface area contributed by atoms with E-state index in [1.54, 1.807) is 0 Å². The molecule has 5 heteroatoms. The van der Waals surface area contributed by atoms with Crippen LogP contribution in [-0.4, -0.2) is 5.91 Å². The molecular weight excluding hydrogens is 343 g/mol. The molecule has 18 heavy (non-hydrogen) atoms. The summed E-state index contributed by atoms with van der Waals surface area (Å²) in [5.41, 5.74) is 3.13. The van der Waals surface area contributed by atoms with Crippen molar-refractivity contribution in [2.45, 2.75) is 12.8 Å². The second-order valence-corrected chi connectivity index (χ2v) is 5.09. The standard InChI is InChI=1S/C13H13IN2O2/c14-10-3-1-9(2-4-10)12-7-5-11(18-12)6-8-13(17)16-15/h1-5,7H,6,8,15H2,(H,16,17). The highest BCUT2D eigenvalue weighted by Gasteiger charge is 2.06. The summed E-state index contributed by atoms with van der Waals surface area (Å²) >= 11 is 2.26. The summed E-state index contributed by atoms with van der Waals surface area (Å²) in [6, 6.07) is 11.9. The van der Waals surface area contributed by atoms with Gasteiger partial charge in [-0.05, 0) is 46.9 Å². The number of carbonyl (C=O) groups excluding carboxylic acids is 1. The first kappa shape index (κ1) is 13.1. The molecule has 0 bridgehead atoms. The third kappa shape index (κ3) is 3.33. The highest BCUT2D eigenvalue weighted by Crippen LogP contribution is 2.23. The van der Waals surface area contributed by atoms with Crippen LogP contribution in [0.2, 0.25) is 0 Å². The van der Waals surface area contributed by atoms with Gasteiger partial charge in [-0.1, -0.05) is 12.1 Å². The van der Waals surface area contributed by atoms with E-state index in [2.05, 4.69) is 28.0 Å². The lowest BCUT2D eigenvalue weighted by Crippen LogP contribution is -2.30. The molecule has 0 fully saturated rings. The fourth-order valence-electron chi connectivity index (χ4n) is 1.59. The van der Waals surface area contributed by atoms with Crippen LogP contribution in [-0.2, 0) is 11.2 Å². The summed E-state index contributed by atoms with van der Waals surface area (Å²) in [5, 5.41) is 0. The fourth-order valence-corrected chi connectivity index (χ4v) is 1.95. The van der Waals surface area contributed by atoms with Gasteiger partial charge in [0.25, 0.3) is 0 Å². The molecule has 4 nitrogen and oxygen atoms in total. The number of benzene rings is 1. The van der Waals surface area contributed by atoms with Gasteiger partial charge in [0.05, 0.1) is 0 Å². The Labute approximate surface area is 119 Å². The number of nitrogens with two attached hydrogens (primary N) is 1. The van der Waals surface area contributed by atoms with Crippen LogP contribution in [0.1, 0.15) is 12.2 Å². The molecule has 0 aliphatic heterocycles.